The Morgan fingerprint density at radius 2 is 2.08 bits per heavy atom. The van der Waals surface area contributed by atoms with E-state index in [4.69, 9.17) is 0 Å². The molecule has 6 nitrogen and oxygen atoms in total. The van der Waals surface area contributed by atoms with Crippen LogP contribution in [0.2, 0.25) is 0 Å². The highest BCUT2D eigenvalue weighted by molar-refractivity contribution is 7.98. The zero-order chi connectivity index (χ0) is 18.0. The topological polar surface area (TPSA) is 68.1 Å². The molecule has 0 saturated heterocycles. The molecule has 0 bridgehead atoms. The first-order valence-corrected chi connectivity index (χ1v) is 9.24. The quantitative estimate of drug-likeness (QED) is 0.250. The van der Waals surface area contributed by atoms with Crippen LogP contribution in [0, 0.1) is 5.92 Å². The van der Waals surface area contributed by atoms with Crippen molar-refractivity contribution in [3.8, 4) is 5.69 Å². The van der Waals surface area contributed by atoms with Crippen molar-refractivity contribution in [3.63, 3.8) is 0 Å². The van der Waals surface area contributed by atoms with E-state index in [1.54, 1.807) is 28.2 Å². The van der Waals surface area contributed by atoms with Crippen molar-refractivity contribution in [1.29, 1.82) is 0 Å². The van der Waals surface area contributed by atoms with Crippen LogP contribution in [-0.4, -0.2) is 51.6 Å². The summed E-state index contributed by atoms with van der Waals surface area (Å²) in [6.45, 7) is 0. The van der Waals surface area contributed by atoms with Crippen molar-refractivity contribution in [2.75, 3.05) is 20.4 Å². The highest BCUT2D eigenvalue weighted by Gasteiger charge is 2.35. The summed E-state index contributed by atoms with van der Waals surface area (Å²) in [5.74, 6) is -0.270. The number of carbonyl (C=O) groups excluding carboxylic acids is 2. The van der Waals surface area contributed by atoms with Gasteiger partial charge in [-0.2, -0.15) is 5.10 Å². The molecule has 0 aliphatic heterocycles. The Kier molecular flexibility index (Phi) is 5.03. The standard InChI is InChI=1S/C18H20N4O2S/c1-21(2)9-15(17(23)12-4-5-12)18(24)14-7-6-13(8-16(14)25-3)22-11-19-10-20-22/h6-12H,4-5H2,1-3H3/b15-9+. The lowest BCUT2D eigenvalue weighted by Crippen LogP contribution is -2.19. The molecule has 0 unspecified atom stereocenters. The summed E-state index contributed by atoms with van der Waals surface area (Å²) in [6, 6.07) is 5.47. The van der Waals surface area contributed by atoms with E-state index < -0.39 is 0 Å². The predicted octanol–water partition coefficient (Wildman–Crippen LogP) is 2.60. The van der Waals surface area contributed by atoms with Crippen LogP contribution in [0.3, 0.4) is 0 Å². The van der Waals surface area contributed by atoms with Crippen LogP contribution >= 0.6 is 11.8 Å². The number of carbonyl (C=O) groups is 2. The molecular weight excluding hydrogens is 336 g/mol. The van der Waals surface area contributed by atoms with Gasteiger partial charge in [0.2, 0.25) is 0 Å². The number of hydrogen-bond acceptors (Lipinski definition) is 6. The first kappa shape index (κ1) is 17.4. The molecule has 0 amide bonds. The van der Waals surface area contributed by atoms with Gasteiger partial charge in [0.25, 0.3) is 0 Å². The number of thioether (sulfide) groups is 1. The monoisotopic (exact) mass is 356 g/mol. The van der Waals surface area contributed by atoms with E-state index >= 15 is 0 Å². The number of allylic oxidation sites excluding steroid dienone is 1. The molecule has 25 heavy (non-hydrogen) atoms. The van der Waals surface area contributed by atoms with Crippen LogP contribution in [0.25, 0.3) is 5.69 Å². The summed E-state index contributed by atoms with van der Waals surface area (Å²) < 4.78 is 1.64. The van der Waals surface area contributed by atoms with Gasteiger partial charge in [-0.25, -0.2) is 9.67 Å². The third-order valence-corrected chi connectivity index (χ3v) is 4.74. The number of ketones is 2. The lowest BCUT2D eigenvalue weighted by atomic mass is 9.98. The molecule has 0 radical (unpaired) electrons. The molecular formula is C18H20N4O2S. The van der Waals surface area contributed by atoms with E-state index in [0.717, 1.165) is 23.4 Å². The van der Waals surface area contributed by atoms with Crippen molar-refractivity contribution in [3.05, 3.63) is 48.2 Å². The van der Waals surface area contributed by atoms with Gasteiger partial charge in [-0.15, -0.1) is 11.8 Å². The number of rotatable bonds is 7. The summed E-state index contributed by atoms with van der Waals surface area (Å²) in [7, 11) is 3.63. The minimum absolute atomic E-state index is 0.00213. The fraction of sp³-hybridized carbons (Fsp3) is 0.333. The Labute approximate surface area is 150 Å². The molecule has 0 N–H and O–H groups in total. The normalized spacial score (nSPS) is 14.4. The smallest absolute Gasteiger partial charge is 0.199 e. The Morgan fingerprint density at radius 3 is 2.64 bits per heavy atom. The number of benzene rings is 1. The van der Waals surface area contributed by atoms with E-state index in [-0.39, 0.29) is 23.1 Å². The fourth-order valence-corrected chi connectivity index (χ4v) is 3.17. The maximum absolute atomic E-state index is 13.1. The van der Waals surface area contributed by atoms with Gasteiger partial charge in [0.05, 0.1) is 11.3 Å². The fourth-order valence-electron chi connectivity index (χ4n) is 2.55. The molecule has 1 aliphatic carbocycles. The summed E-state index contributed by atoms with van der Waals surface area (Å²) in [5.41, 5.74) is 1.62. The van der Waals surface area contributed by atoms with Gasteiger partial charge in [0, 0.05) is 36.7 Å². The Morgan fingerprint density at radius 1 is 1.32 bits per heavy atom. The molecule has 2 aromatic rings. The minimum atomic E-state index is -0.222. The summed E-state index contributed by atoms with van der Waals surface area (Å²) in [4.78, 5) is 32.1. The van der Waals surface area contributed by atoms with Crippen molar-refractivity contribution < 1.29 is 9.59 Å². The van der Waals surface area contributed by atoms with E-state index in [0.29, 0.717) is 5.56 Å². The molecule has 1 aromatic heterocycles. The lowest BCUT2D eigenvalue weighted by molar-refractivity contribution is -0.116. The third-order valence-electron chi connectivity index (χ3n) is 3.96. The zero-order valence-electron chi connectivity index (χ0n) is 14.5. The maximum Gasteiger partial charge on any atom is 0.199 e. The first-order valence-electron chi connectivity index (χ1n) is 8.01. The second-order valence-electron chi connectivity index (χ2n) is 6.20. The largest absolute Gasteiger partial charge is 0.383 e. The van der Waals surface area contributed by atoms with Gasteiger partial charge in [-0.05, 0) is 37.3 Å². The molecule has 0 atom stereocenters. The molecule has 7 heteroatoms. The van der Waals surface area contributed by atoms with E-state index in [1.807, 2.05) is 32.5 Å². The van der Waals surface area contributed by atoms with Gasteiger partial charge < -0.3 is 4.90 Å². The lowest BCUT2D eigenvalue weighted by Gasteiger charge is -2.13. The Balaban J connectivity index is 1.98. The molecule has 1 aliphatic rings. The van der Waals surface area contributed by atoms with E-state index in [1.165, 1.54) is 18.1 Å². The third kappa shape index (κ3) is 3.82. The first-order chi connectivity index (χ1) is 12.0. The van der Waals surface area contributed by atoms with Gasteiger partial charge in [0.1, 0.15) is 12.7 Å². The number of nitrogens with zero attached hydrogens (tertiary/aromatic N) is 4. The summed E-state index contributed by atoms with van der Waals surface area (Å²) in [6.07, 6.45) is 8.36. The van der Waals surface area contributed by atoms with Crippen LogP contribution in [0.4, 0.5) is 0 Å². The van der Waals surface area contributed by atoms with E-state index in [9.17, 15) is 9.59 Å². The van der Waals surface area contributed by atoms with Gasteiger partial charge >= 0.3 is 0 Å². The van der Waals surface area contributed by atoms with Crippen LogP contribution in [-0.2, 0) is 4.79 Å². The van der Waals surface area contributed by atoms with Gasteiger partial charge in [-0.1, -0.05) is 0 Å². The molecule has 1 saturated carbocycles. The molecule has 3 rings (SSSR count). The summed E-state index contributed by atoms with van der Waals surface area (Å²) >= 11 is 1.47. The van der Waals surface area contributed by atoms with Gasteiger partial charge in [0.15, 0.2) is 11.6 Å². The Hall–Kier alpha value is -2.41. The molecule has 1 fully saturated rings. The molecule has 1 aromatic carbocycles. The highest BCUT2D eigenvalue weighted by Crippen LogP contribution is 2.34. The van der Waals surface area contributed by atoms with Crippen LogP contribution in [0.15, 0.2) is 47.5 Å². The van der Waals surface area contributed by atoms with Crippen molar-refractivity contribution >= 4 is 23.3 Å². The van der Waals surface area contributed by atoms with Gasteiger partial charge in [-0.3, -0.25) is 9.59 Å². The Bertz CT molecular complexity index is 824. The van der Waals surface area contributed by atoms with Crippen LogP contribution in [0.1, 0.15) is 23.2 Å². The number of hydrogen-bond donors (Lipinski definition) is 0. The van der Waals surface area contributed by atoms with Crippen LogP contribution in [0.5, 0.6) is 0 Å². The zero-order valence-corrected chi connectivity index (χ0v) is 15.3. The SMILES string of the molecule is CSc1cc(-n2cncn2)ccc1C(=O)/C(=C/N(C)C)C(=O)C1CC1. The number of Topliss-reactive ketones (excluding diaryl/α,β-unsaturated/α-hetero) is 2. The summed E-state index contributed by atoms with van der Waals surface area (Å²) in [5, 5.41) is 4.11. The second-order valence-corrected chi connectivity index (χ2v) is 7.05. The van der Waals surface area contributed by atoms with Crippen molar-refractivity contribution in [2.24, 2.45) is 5.92 Å². The van der Waals surface area contributed by atoms with Crippen molar-refractivity contribution in [2.45, 2.75) is 17.7 Å². The average Bonchev–Trinajstić information content (AvgIpc) is 3.32. The maximum atomic E-state index is 13.1. The predicted molar refractivity (Wildman–Crippen MR) is 97.0 cm³/mol. The van der Waals surface area contributed by atoms with E-state index in [2.05, 4.69) is 10.1 Å². The highest BCUT2D eigenvalue weighted by atomic mass is 32.2. The second kappa shape index (κ2) is 7.23. The minimum Gasteiger partial charge on any atom is -0.383 e. The molecule has 1 heterocycles. The van der Waals surface area contributed by atoms with Crippen molar-refractivity contribution in [1.82, 2.24) is 19.7 Å². The number of aromatic nitrogens is 3. The molecule has 0 spiro atoms. The average molecular weight is 356 g/mol. The van der Waals surface area contributed by atoms with Crippen LogP contribution < -0.4 is 0 Å². The molecule has 130 valence electrons.